The van der Waals surface area contributed by atoms with Gasteiger partial charge >= 0.3 is 0 Å². The summed E-state index contributed by atoms with van der Waals surface area (Å²) in [5.41, 5.74) is 8.05. The van der Waals surface area contributed by atoms with Crippen molar-refractivity contribution in [1.29, 1.82) is 0 Å². The molecule has 1 aliphatic heterocycles. The Morgan fingerprint density at radius 1 is 1.00 bits per heavy atom. The van der Waals surface area contributed by atoms with Crippen molar-refractivity contribution in [3.8, 4) is 0 Å². The van der Waals surface area contributed by atoms with Gasteiger partial charge in [0.15, 0.2) is 11.6 Å². The fourth-order valence-electron chi connectivity index (χ4n) is 3.23. The smallest absolute Gasteiger partial charge is 0.157 e. The SMILES string of the molecule is CCN(CC)c1ncnc(N2CCN(c3ccc(F)cc3)CC2)c1N. The van der Waals surface area contributed by atoms with Crippen molar-refractivity contribution in [3.63, 3.8) is 0 Å². The summed E-state index contributed by atoms with van der Waals surface area (Å²) in [6, 6.07) is 6.64. The van der Waals surface area contributed by atoms with E-state index in [1.807, 2.05) is 12.1 Å². The summed E-state index contributed by atoms with van der Waals surface area (Å²) in [5, 5.41) is 0. The number of anilines is 4. The maximum atomic E-state index is 13.1. The molecule has 1 fully saturated rings. The molecule has 0 radical (unpaired) electrons. The molecule has 0 unspecified atom stereocenters. The minimum absolute atomic E-state index is 0.208. The zero-order valence-electron chi connectivity index (χ0n) is 14.8. The van der Waals surface area contributed by atoms with Gasteiger partial charge in [0.25, 0.3) is 0 Å². The molecule has 0 saturated carbocycles. The van der Waals surface area contributed by atoms with E-state index in [9.17, 15) is 4.39 Å². The predicted molar refractivity (Wildman–Crippen MR) is 101 cm³/mol. The van der Waals surface area contributed by atoms with Gasteiger partial charge in [-0.1, -0.05) is 0 Å². The van der Waals surface area contributed by atoms with Crippen LogP contribution in [0.1, 0.15) is 13.8 Å². The molecule has 0 spiro atoms. The summed E-state index contributed by atoms with van der Waals surface area (Å²) in [4.78, 5) is 15.4. The fourth-order valence-corrected chi connectivity index (χ4v) is 3.23. The average molecular weight is 344 g/mol. The van der Waals surface area contributed by atoms with Crippen molar-refractivity contribution in [2.24, 2.45) is 0 Å². The third-order valence-corrected chi connectivity index (χ3v) is 4.68. The Kier molecular flexibility index (Phi) is 5.21. The fraction of sp³-hybridized carbons (Fsp3) is 0.444. The lowest BCUT2D eigenvalue weighted by atomic mass is 10.2. The Hall–Kier alpha value is -2.57. The standard InChI is InChI=1S/C18H25FN6/c1-3-23(4-2)17-16(20)18(22-13-21-17)25-11-9-24(10-12-25)15-7-5-14(19)6-8-15/h5-8,13H,3-4,9-12,20H2,1-2H3. The van der Waals surface area contributed by atoms with Gasteiger partial charge in [-0.3, -0.25) is 0 Å². The highest BCUT2D eigenvalue weighted by Crippen LogP contribution is 2.30. The molecule has 3 rings (SSSR count). The largest absolute Gasteiger partial charge is 0.393 e. The number of aromatic nitrogens is 2. The molecule has 0 amide bonds. The van der Waals surface area contributed by atoms with Crippen LogP contribution in [-0.2, 0) is 0 Å². The van der Waals surface area contributed by atoms with Gasteiger partial charge < -0.3 is 20.4 Å². The topological polar surface area (TPSA) is 61.5 Å². The van der Waals surface area contributed by atoms with Crippen molar-refractivity contribution >= 4 is 23.0 Å². The Morgan fingerprint density at radius 3 is 2.20 bits per heavy atom. The van der Waals surface area contributed by atoms with Gasteiger partial charge in [0, 0.05) is 45.0 Å². The molecule has 1 aliphatic rings. The summed E-state index contributed by atoms with van der Waals surface area (Å²) in [5.74, 6) is 1.40. The molecule has 0 aliphatic carbocycles. The Balaban J connectivity index is 1.72. The van der Waals surface area contributed by atoms with E-state index in [0.717, 1.165) is 56.6 Å². The van der Waals surface area contributed by atoms with Crippen LogP contribution in [0.15, 0.2) is 30.6 Å². The van der Waals surface area contributed by atoms with E-state index < -0.39 is 0 Å². The number of hydrogen-bond donors (Lipinski definition) is 1. The van der Waals surface area contributed by atoms with Crippen LogP contribution in [0.5, 0.6) is 0 Å². The Bertz CT molecular complexity index is 693. The van der Waals surface area contributed by atoms with Gasteiger partial charge in [-0.25, -0.2) is 14.4 Å². The summed E-state index contributed by atoms with van der Waals surface area (Å²) in [6.45, 7) is 9.21. The molecule has 1 aromatic heterocycles. The summed E-state index contributed by atoms with van der Waals surface area (Å²) in [7, 11) is 0. The Labute approximate surface area is 148 Å². The Morgan fingerprint density at radius 2 is 1.60 bits per heavy atom. The summed E-state index contributed by atoms with van der Waals surface area (Å²) < 4.78 is 13.1. The van der Waals surface area contributed by atoms with E-state index in [1.54, 1.807) is 6.33 Å². The number of nitrogen functional groups attached to an aromatic ring is 1. The minimum Gasteiger partial charge on any atom is -0.393 e. The van der Waals surface area contributed by atoms with Crippen LogP contribution in [0.4, 0.5) is 27.4 Å². The molecular formula is C18H25FN6. The van der Waals surface area contributed by atoms with E-state index in [0.29, 0.717) is 5.69 Å². The predicted octanol–water partition coefficient (Wildman–Crippen LogP) is 2.37. The van der Waals surface area contributed by atoms with Crippen molar-refractivity contribution < 1.29 is 4.39 Å². The third kappa shape index (κ3) is 3.60. The first-order valence-electron chi connectivity index (χ1n) is 8.75. The van der Waals surface area contributed by atoms with Gasteiger partial charge in [0.1, 0.15) is 17.8 Å². The number of halogens is 1. The van der Waals surface area contributed by atoms with Crippen LogP contribution in [0.2, 0.25) is 0 Å². The van der Waals surface area contributed by atoms with Crippen molar-refractivity contribution in [2.75, 3.05) is 59.7 Å². The second-order valence-corrected chi connectivity index (χ2v) is 6.06. The maximum absolute atomic E-state index is 13.1. The first-order valence-corrected chi connectivity index (χ1v) is 8.75. The van der Waals surface area contributed by atoms with Crippen LogP contribution >= 0.6 is 0 Å². The highest BCUT2D eigenvalue weighted by Gasteiger charge is 2.22. The van der Waals surface area contributed by atoms with Crippen molar-refractivity contribution in [2.45, 2.75) is 13.8 Å². The number of hydrogen-bond acceptors (Lipinski definition) is 6. The lowest BCUT2D eigenvalue weighted by molar-refractivity contribution is 0.624. The second kappa shape index (κ2) is 7.55. The zero-order valence-corrected chi connectivity index (χ0v) is 14.8. The third-order valence-electron chi connectivity index (χ3n) is 4.68. The monoisotopic (exact) mass is 344 g/mol. The number of nitrogens with two attached hydrogens (primary N) is 1. The van der Waals surface area contributed by atoms with E-state index >= 15 is 0 Å². The quantitative estimate of drug-likeness (QED) is 0.898. The average Bonchev–Trinajstić information content (AvgIpc) is 2.65. The van der Waals surface area contributed by atoms with Crippen LogP contribution < -0.4 is 20.4 Å². The van der Waals surface area contributed by atoms with Gasteiger partial charge in [-0.15, -0.1) is 0 Å². The lowest BCUT2D eigenvalue weighted by Gasteiger charge is -2.37. The van der Waals surface area contributed by atoms with Crippen molar-refractivity contribution in [1.82, 2.24) is 9.97 Å². The lowest BCUT2D eigenvalue weighted by Crippen LogP contribution is -2.47. The molecule has 0 atom stereocenters. The molecule has 2 aromatic rings. The van der Waals surface area contributed by atoms with Crippen LogP contribution in [0.25, 0.3) is 0 Å². The molecule has 25 heavy (non-hydrogen) atoms. The van der Waals surface area contributed by atoms with Crippen LogP contribution in [0, 0.1) is 5.82 Å². The summed E-state index contributed by atoms with van der Waals surface area (Å²) in [6.07, 6.45) is 1.59. The molecule has 2 heterocycles. The first kappa shape index (κ1) is 17.3. The normalized spacial score (nSPS) is 14.7. The van der Waals surface area contributed by atoms with Gasteiger partial charge in [0.2, 0.25) is 0 Å². The first-order chi connectivity index (χ1) is 12.1. The number of rotatable bonds is 5. The van der Waals surface area contributed by atoms with E-state index in [-0.39, 0.29) is 5.82 Å². The molecule has 6 nitrogen and oxygen atoms in total. The summed E-state index contributed by atoms with van der Waals surface area (Å²) >= 11 is 0. The molecule has 2 N–H and O–H groups in total. The molecule has 0 bridgehead atoms. The second-order valence-electron chi connectivity index (χ2n) is 6.06. The van der Waals surface area contributed by atoms with Gasteiger partial charge in [0.05, 0.1) is 0 Å². The van der Waals surface area contributed by atoms with E-state index in [4.69, 9.17) is 5.73 Å². The van der Waals surface area contributed by atoms with E-state index in [2.05, 4.69) is 38.5 Å². The number of benzene rings is 1. The zero-order chi connectivity index (χ0) is 17.8. The van der Waals surface area contributed by atoms with Crippen LogP contribution in [0.3, 0.4) is 0 Å². The number of piperazine rings is 1. The molecule has 1 aromatic carbocycles. The molecule has 134 valence electrons. The molecule has 1 saturated heterocycles. The minimum atomic E-state index is -0.208. The highest BCUT2D eigenvalue weighted by atomic mass is 19.1. The van der Waals surface area contributed by atoms with E-state index in [1.165, 1.54) is 12.1 Å². The van der Waals surface area contributed by atoms with Crippen molar-refractivity contribution in [3.05, 3.63) is 36.4 Å². The van der Waals surface area contributed by atoms with Gasteiger partial charge in [-0.05, 0) is 38.1 Å². The molecular weight excluding hydrogens is 319 g/mol. The molecule has 7 heteroatoms. The number of nitrogens with zero attached hydrogens (tertiary/aromatic N) is 5. The maximum Gasteiger partial charge on any atom is 0.157 e. The highest BCUT2D eigenvalue weighted by molar-refractivity contribution is 5.76. The van der Waals surface area contributed by atoms with Crippen LogP contribution in [-0.4, -0.2) is 49.2 Å². The van der Waals surface area contributed by atoms with Gasteiger partial charge in [-0.2, -0.15) is 0 Å².